The second-order valence-electron chi connectivity index (χ2n) is 3.72. The molecule has 0 saturated heterocycles. The van der Waals surface area contributed by atoms with Gasteiger partial charge in [0.1, 0.15) is 0 Å². The van der Waals surface area contributed by atoms with Crippen LogP contribution in [0, 0.1) is 0 Å². The maximum absolute atomic E-state index is 6.13. The van der Waals surface area contributed by atoms with Gasteiger partial charge in [-0.3, -0.25) is 0 Å². The number of anilines is 1. The fraction of sp³-hybridized carbons (Fsp3) is 0.500. The van der Waals surface area contributed by atoms with Crippen molar-refractivity contribution in [3.63, 3.8) is 0 Å². The van der Waals surface area contributed by atoms with Gasteiger partial charge in [0.15, 0.2) is 11.5 Å². The molecule has 0 heterocycles. The quantitative estimate of drug-likeness (QED) is 0.858. The molecule has 0 saturated carbocycles. The number of hydrogen-bond donors (Lipinski definition) is 1. The molecular formula is C12H18ClNO2. The lowest BCUT2D eigenvalue weighted by molar-refractivity contribution is 0.311. The summed E-state index contributed by atoms with van der Waals surface area (Å²) < 4.78 is 10.7. The molecule has 0 spiro atoms. The van der Waals surface area contributed by atoms with E-state index in [0.29, 0.717) is 29.2 Å². The highest BCUT2D eigenvalue weighted by Crippen LogP contribution is 2.38. The molecule has 16 heavy (non-hydrogen) atoms. The minimum Gasteiger partial charge on any atom is -0.493 e. The average Bonchev–Trinajstić information content (AvgIpc) is 2.20. The summed E-state index contributed by atoms with van der Waals surface area (Å²) in [6.45, 7) is 6.61. The van der Waals surface area contributed by atoms with Crippen LogP contribution in [-0.4, -0.2) is 19.8 Å². The first-order chi connectivity index (χ1) is 7.58. The summed E-state index contributed by atoms with van der Waals surface area (Å²) in [4.78, 5) is 0. The number of benzene rings is 1. The standard InChI is InChI=1S/C12H18ClNO2/c1-5-16-12-10(13)6-9(14-8(2)3)7-11(12)15-4/h6-8,14H,5H2,1-4H3. The predicted octanol–water partition coefficient (Wildman–Crippen LogP) is 3.57. The summed E-state index contributed by atoms with van der Waals surface area (Å²) in [6.07, 6.45) is 0. The zero-order valence-corrected chi connectivity index (χ0v) is 10.9. The summed E-state index contributed by atoms with van der Waals surface area (Å²) in [6, 6.07) is 4.07. The predicted molar refractivity (Wildman–Crippen MR) is 67.9 cm³/mol. The Morgan fingerprint density at radius 1 is 1.38 bits per heavy atom. The van der Waals surface area contributed by atoms with Crippen molar-refractivity contribution in [2.45, 2.75) is 26.8 Å². The normalized spacial score (nSPS) is 10.4. The highest BCUT2D eigenvalue weighted by atomic mass is 35.5. The Hall–Kier alpha value is -1.09. The second-order valence-corrected chi connectivity index (χ2v) is 4.13. The zero-order chi connectivity index (χ0) is 12.1. The first-order valence-electron chi connectivity index (χ1n) is 5.35. The van der Waals surface area contributed by atoms with Gasteiger partial charge in [0.2, 0.25) is 0 Å². The van der Waals surface area contributed by atoms with Gasteiger partial charge in [0.05, 0.1) is 18.7 Å². The van der Waals surface area contributed by atoms with Crippen molar-refractivity contribution in [2.75, 3.05) is 19.0 Å². The van der Waals surface area contributed by atoms with Crippen molar-refractivity contribution in [3.05, 3.63) is 17.2 Å². The van der Waals surface area contributed by atoms with E-state index >= 15 is 0 Å². The van der Waals surface area contributed by atoms with Crippen LogP contribution in [0.15, 0.2) is 12.1 Å². The monoisotopic (exact) mass is 243 g/mol. The van der Waals surface area contributed by atoms with Crippen molar-refractivity contribution < 1.29 is 9.47 Å². The smallest absolute Gasteiger partial charge is 0.179 e. The van der Waals surface area contributed by atoms with Gasteiger partial charge in [0.25, 0.3) is 0 Å². The first kappa shape index (κ1) is 13.0. The van der Waals surface area contributed by atoms with Crippen LogP contribution in [0.1, 0.15) is 20.8 Å². The highest BCUT2D eigenvalue weighted by Gasteiger charge is 2.11. The third kappa shape index (κ3) is 3.20. The fourth-order valence-electron chi connectivity index (χ4n) is 1.42. The van der Waals surface area contributed by atoms with E-state index in [1.807, 2.05) is 19.1 Å². The average molecular weight is 244 g/mol. The topological polar surface area (TPSA) is 30.5 Å². The Labute approximate surface area is 102 Å². The molecule has 4 heteroatoms. The van der Waals surface area contributed by atoms with Gasteiger partial charge >= 0.3 is 0 Å². The van der Waals surface area contributed by atoms with Crippen molar-refractivity contribution in [1.29, 1.82) is 0 Å². The summed E-state index contributed by atoms with van der Waals surface area (Å²) in [5.74, 6) is 1.25. The van der Waals surface area contributed by atoms with Crippen LogP contribution in [0.25, 0.3) is 0 Å². The van der Waals surface area contributed by atoms with Crippen LogP contribution in [-0.2, 0) is 0 Å². The lowest BCUT2D eigenvalue weighted by Gasteiger charge is -2.15. The number of halogens is 1. The molecule has 0 aliphatic rings. The zero-order valence-electron chi connectivity index (χ0n) is 10.1. The van der Waals surface area contributed by atoms with Crippen LogP contribution < -0.4 is 14.8 Å². The van der Waals surface area contributed by atoms with Gasteiger partial charge in [-0.2, -0.15) is 0 Å². The van der Waals surface area contributed by atoms with Gasteiger partial charge in [-0.15, -0.1) is 0 Å². The molecule has 90 valence electrons. The van der Waals surface area contributed by atoms with Gasteiger partial charge in [0, 0.05) is 17.8 Å². The van der Waals surface area contributed by atoms with Gasteiger partial charge in [-0.05, 0) is 26.8 Å². The Balaban J connectivity index is 3.05. The molecule has 1 rings (SSSR count). The van der Waals surface area contributed by atoms with Crippen molar-refractivity contribution in [1.82, 2.24) is 0 Å². The largest absolute Gasteiger partial charge is 0.493 e. The van der Waals surface area contributed by atoms with Crippen LogP contribution in [0.4, 0.5) is 5.69 Å². The minimum atomic E-state index is 0.346. The van der Waals surface area contributed by atoms with E-state index in [-0.39, 0.29) is 0 Å². The molecule has 1 aromatic rings. The summed E-state index contributed by atoms with van der Waals surface area (Å²) in [7, 11) is 1.60. The van der Waals surface area contributed by atoms with Crippen LogP contribution in [0.2, 0.25) is 5.02 Å². The molecule has 1 N–H and O–H groups in total. The third-order valence-corrected chi connectivity index (χ3v) is 2.25. The second kappa shape index (κ2) is 5.85. The van der Waals surface area contributed by atoms with E-state index in [9.17, 15) is 0 Å². The van der Waals surface area contributed by atoms with Crippen molar-refractivity contribution >= 4 is 17.3 Å². The van der Waals surface area contributed by atoms with Crippen molar-refractivity contribution in [3.8, 4) is 11.5 Å². The maximum atomic E-state index is 6.13. The van der Waals surface area contributed by atoms with E-state index in [1.165, 1.54) is 0 Å². The number of nitrogens with one attached hydrogen (secondary N) is 1. The molecule has 1 aromatic carbocycles. The fourth-order valence-corrected chi connectivity index (χ4v) is 1.69. The van der Waals surface area contributed by atoms with Crippen LogP contribution in [0.5, 0.6) is 11.5 Å². The molecule has 0 atom stereocenters. The Kier molecular flexibility index (Phi) is 4.74. The van der Waals surface area contributed by atoms with Gasteiger partial charge < -0.3 is 14.8 Å². The molecule has 0 bridgehead atoms. The molecule has 0 unspecified atom stereocenters. The molecule has 0 amide bonds. The minimum absolute atomic E-state index is 0.346. The van der Waals surface area contributed by atoms with E-state index in [2.05, 4.69) is 19.2 Å². The summed E-state index contributed by atoms with van der Waals surface area (Å²) in [5.41, 5.74) is 0.931. The molecule has 0 aliphatic heterocycles. The Morgan fingerprint density at radius 2 is 2.06 bits per heavy atom. The van der Waals surface area contributed by atoms with Gasteiger partial charge in [-0.1, -0.05) is 11.6 Å². The number of ether oxygens (including phenoxy) is 2. The number of hydrogen-bond acceptors (Lipinski definition) is 3. The van der Waals surface area contributed by atoms with E-state index in [4.69, 9.17) is 21.1 Å². The third-order valence-electron chi connectivity index (χ3n) is 1.97. The first-order valence-corrected chi connectivity index (χ1v) is 5.73. The molecule has 0 aromatic heterocycles. The lowest BCUT2D eigenvalue weighted by atomic mass is 10.2. The molecule has 0 radical (unpaired) electrons. The van der Waals surface area contributed by atoms with Crippen molar-refractivity contribution in [2.24, 2.45) is 0 Å². The maximum Gasteiger partial charge on any atom is 0.179 e. The molecular weight excluding hydrogens is 226 g/mol. The van der Waals surface area contributed by atoms with Crippen LogP contribution in [0.3, 0.4) is 0 Å². The highest BCUT2D eigenvalue weighted by molar-refractivity contribution is 6.32. The molecule has 0 fully saturated rings. The Morgan fingerprint density at radius 3 is 2.56 bits per heavy atom. The van der Waals surface area contributed by atoms with Crippen LogP contribution >= 0.6 is 11.6 Å². The van der Waals surface area contributed by atoms with Gasteiger partial charge in [-0.25, -0.2) is 0 Å². The lowest BCUT2D eigenvalue weighted by Crippen LogP contribution is -2.10. The number of methoxy groups -OCH3 is 1. The molecule has 0 aliphatic carbocycles. The Bertz CT molecular complexity index is 353. The van der Waals surface area contributed by atoms with E-state index in [0.717, 1.165) is 5.69 Å². The summed E-state index contributed by atoms with van der Waals surface area (Å²) in [5, 5.41) is 3.83. The SMILES string of the molecule is CCOc1c(Cl)cc(NC(C)C)cc1OC. The van der Waals surface area contributed by atoms with E-state index < -0.39 is 0 Å². The molecule has 3 nitrogen and oxygen atoms in total. The summed E-state index contributed by atoms with van der Waals surface area (Å²) >= 11 is 6.13. The number of rotatable bonds is 5. The van der Waals surface area contributed by atoms with E-state index in [1.54, 1.807) is 7.11 Å².